The number of rotatable bonds is 3. The SMILES string of the molecule is Cc1nc(Cl)cc(Sc2nnc(CO)n2C)n1. The second-order valence-corrected chi connectivity index (χ2v) is 4.67. The Balaban J connectivity index is 2.28. The number of halogens is 1. The number of aromatic nitrogens is 5. The lowest BCUT2D eigenvalue weighted by Gasteiger charge is -2.02. The Kier molecular flexibility index (Phi) is 3.60. The van der Waals surface area contributed by atoms with Crippen LogP contribution in [0.1, 0.15) is 11.6 Å². The fourth-order valence-corrected chi connectivity index (χ4v) is 2.37. The van der Waals surface area contributed by atoms with Gasteiger partial charge in [-0.3, -0.25) is 0 Å². The van der Waals surface area contributed by atoms with Crippen LogP contribution in [0.15, 0.2) is 16.2 Å². The summed E-state index contributed by atoms with van der Waals surface area (Å²) in [4.78, 5) is 8.21. The highest BCUT2D eigenvalue weighted by molar-refractivity contribution is 7.99. The number of hydrogen-bond donors (Lipinski definition) is 1. The summed E-state index contributed by atoms with van der Waals surface area (Å²) in [6.45, 7) is 1.62. The highest BCUT2D eigenvalue weighted by atomic mass is 35.5. The summed E-state index contributed by atoms with van der Waals surface area (Å²) < 4.78 is 1.70. The molecule has 0 saturated heterocycles. The predicted molar refractivity (Wildman–Crippen MR) is 62.8 cm³/mol. The molecule has 0 bridgehead atoms. The van der Waals surface area contributed by atoms with E-state index in [1.165, 1.54) is 11.8 Å². The first-order valence-electron chi connectivity index (χ1n) is 4.78. The first-order chi connectivity index (χ1) is 8.10. The van der Waals surface area contributed by atoms with Crippen molar-refractivity contribution in [1.82, 2.24) is 24.7 Å². The van der Waals surface area contributed by atoms with E-state index in [1.807, 2.05) is 0 Å². The molecule has 2 heterocycles. The average molecular weight is 272 g/mol. The lowest BCUT2D eigenvalue weighted by Crippen LogP contribution is -1.99. The quantitative estimate of drug-likeness (QED) is 0.846. The van der Waals surface area contributed by atoms with Crippen LogP contribution in [0.5, 0.6) is 0 Å². The second kappa shape index (κ2) is 4.99. The van der Waals surface area contributed by atoms with Gasteiger partial charge in [0, 0.05) is 13.1 Å². The Morgan fingerprint density at radius 3 is 2.76 bits per heavy atom. The number of nitrogens with zero attached hydrogens (tertiary/aromatic N) is 5. The van der Waals surface area contributed by atoms with Crippen molar-refractivity contribution in [3.8, 4) is 0 Å². The summed E-state index contributed by atoms with van der Waals surface area (Å²) in [7, 11) is 1.78. The number of hydrogen-bond acceptors (Lipinski definition) is 6. The summed E-state index contributed by atoms with van der Waals surface area (Å²) in [6.07, 6.45) is 0. The van der Waals surface area contributed by atoms with E-state index >= 15 is 0 Å². The van der Waals surface area contributed by atoms with Crippen LogP contribution in [0, 0.1) is 6.92 Å². The largest absolute Gasteiger partial charge is 0.388 e. The number of aliphatic hydroxyl groups excluding tert-OH is 1. The molecule has 2 rings (SSSR count). The van der Waals surface area contributed by atoms with E-state index in [-0.39, 0.29) is 6.61 Å². The zero-order valence-corrected chi connectivity index (χ0v) is 10.8. The number of aryl methyl sites for hydroxylation is 1. The van der Waals surface area contributed by atoms with Crippen molar-refractivity contribution < 1.29 is 5.11 Å². The summed E-state index contributed by atoms with van der Waals surface area (Å²) in [5, 5.41) is 18.5. The van der Waals surface area contributed by atoms with Gasteiger partial charge in [0.05, 0.1) is 0 Å². The highest BCUT2D eigenvalue weighted by Crippen LogP contribution is 2.25. The Morgan fingerprint density at radius 1 is 1.41 bits per heavy atom. The predicted octanol–water partition coefficient (Wildman–Crippen LogP) is 1.21. The number of aliphatic hydroxyl groups is 1. The first-order valence-corrected chi connectivity index (χ1v) is 5.97. The molecule has 6 nitrogen and oxygen atoms in total. The summed E-state index contributed by atoms with van der Waals surface area (Å²) in [5.41, 5.74) is 0. The van der Waals surface area contributed by atoms with Crippen LogP contribution < -0.4 is 0 Å². The van der Waals surface area contributed by atoms with Crippen LogP contribution in [0.2, 0.25) is 5.15 Å². The molecule has 0 aliphatic carbocycles. The fraction of sp³-hybridized carbons (Fsp3) is 0.333. The summed E-state index contributed by atoms with van der Waals surface area (Å²) in [5.74, 6) is 1.11. The lowest BCUT2D eigenvalue weighted by atomic mass is 10.6. The van der Waals surface area contributed by atoms with Gasteiger partial charge >= 0.3 is 0 Å². The summed E-state index contributed by atoms with van der Waals surface area (Å²) in [6, 6.07) is 1.66. The average Bonchev–Trinajstić information content (AvgIpc) is 2.58. The van der Waals surface area contributed by atoms with Crippen LogP contribution in [0.4, 0.5) is 0 Å². The smallest absolute Gasteiger partial charge is 0.197 e. The van der Waals surface area contributed by atoms with Gasteiger partial charge in [0.15, 0.2) is 11.0 Å². The molecule has 0 amide bonds. The van der Waals surface area contributed by atoms with Gasteiger partial charge in [0.1, 0.15) is 22.6 Å². The van der Waals surface area contributed by atoms with Gasteiger partial charge in [-0.25, -0.2) is 9.97 Å². The van der Waals surface area contributed by atoms with Crippen molar-refractivity contribution in [3.63, 3.8) is 0 Å². The van der Waals surface area contributed by atoms with Crippen molar-refractivity contribution >= 4 is 23.4 Å². The highest BCUT2D eigenvalue weighted by Gasteiger charge is 2.11. The van der Waals surface area contributed by atoms with Crippen LogP contribution in [0.3, 0.4) is 0 Å². The van der Waals surface area contributed by atoms with Crippen LogP contribution in [-0.4, -0.2) is 29.8 Å². The van der Waals surface area contributed by atoms with Gasteiger partial charge in [-0.05, 0) is 18.7 Å². The normalized spacial score (nSPS) is 10.8. The van der Waals surface area contributed by atoms with Crippen LogP contribution >= 0.6 is 23.4 Å². The Labute approximate surface area is 107 Å². The van der Waals surface area contributed by atoms with Crippen molar-refractivity contribution in [3.05, 3.63) is 22.9 Å². The van der Waals surface area contributed by atoms with E-state index in [4.69, 9.17) is 16.7 Å². The molecule has 8 heteroatoms. The molecule has 2 aromatic heterocycles. The Bertz CT molecular complexity index is 524. The fourth-order valence-electron chi connectivity index (χ4n) is 1.22. The molecule has 0 fully saturated rings. The molecule has 0 atom stereocenters. The van der Waals surface area contributed by atoms with Crippen molar-refractivity contribution in [2.75, 3.05) is 0 Å². The molecular formula is C9H10ClN5OS. The third kappa shape index (κ3) is 2.74. The van der Waals surface area contributed by atoms with E-state index < -0.39 is 0 Å². The molecule has 0 radical (unpaired) electrons. The van der Waals surface area contributed by atoms with Gasteiger partial charge in [-0.2, -0.15) is 0 Å². The Hall–Kier alpha value is -1.18. The monoisotopic (exact) mass is 271 g/mol. The molecule has 0 spiro atoms. The van der Waals surface area contributed by atoms with Crippen molar-refractivity contribution in [2.45, 2.75) is 23.7 Å². The maximum atomic E-state index is 9.01. The topological polar surface area (TPSA) is 76.7 Å². The maximum Gasteiger partial charge on any atom is 0.197 e. The molecule has 90 valence electrons. The van der Waals surface area contributed by atoms with E-state index in [2.05, 4.69) is 20.2 Å². The molecule has 0 aromatic carbocycles. The minimum absolute atomic E-state index is 0.145. The van der Waals surface area contributed by atoms with E-state index in [0.717, 1.165) is 0 Å². The molecular weight excluding hydrogens is 262 g/mol. The van der Waals surface area contributed by atoms with Crippen LogP contribution in [0.25, 0.3) is 0 Å². The lowest BCUT2D eigenvalue weighted by molar-refractivity contribution is 0.266. The van der Waals surface area contributed by atoms with Gasteiger partial charge < -0.3 is 9.67 Å². The minimum atomic E-state index is -0.145. The zero-order chi connectivity index (χ0) is 12.4. The standard InChI is InChI=1S/C9H10ClN5OS/c1-5-11-6(10)3-8(12-5)17-9-14-13-7(4-16)15(9)2/h3,16H,4H2,1-2H3. The zero-order valence-electron chi connectivity index (χ0n) is 9.25. The van der Waals surface area contributed by atoms with Gasteiger partial charge in [0.25, 0.3) is 0 Å². The van der Waals surface area contributed by atoms with E-state index in [1.54, 1.807) is 24.6 Å². The maximum absolute atomic E-state index is 9.01. The molecule has 0 unspecified atom stereocenters. The van der Waals surface area contributed by atoms with Crippen molar-refractivity contribution in [1.29, 1.82) is 0 Å². The third-order valence-corrected chi connectivity index (χ3v) is 3.20. The Morgan fingerprint density at radius 2 is 2.18 bits per heavy atom. The van der Waals surface area contributed by atoms with Gasteiger partial charge in [-0.1, -0.05) is 11.6 Å². The third-order valence-electron chi connectivity index (χ3n) is 2.05. The second-order valence-electron chi connectivity index (χ2n) is 3.29. The van der Waals surface area contributed by atoms with Gasteiger partial charge in [0.2, 0.25) is 0 Å². The van der Waals surface area contributed by atoms with E-state index in [9.17, 15) is 0 Å². The molecule has 2 aromatic rings. The summed E-state index contributed by atoms with van der Waals surface area (Å²) >= 11 is 7.16. The van der Waals surface area contributed by atoms with Crippen molar-refractivity contribution in [2.24, 2.45) is 7.05 Å². The van der Waals surface area contributed by atoms with Crippen LogP contribution in [-0.2, 0) is 13.7 Å². The molecule has 0 saturated carbocycles. The minimum Gasteiger partial charge on any atom is -0.388 e. The van der Waals surface area contributed by atoms with Gasteiger partial charge in [-0.15, -0.1) is 10.2 Å². The molecule has 17 heavy (non-hydrogen) atoms. The van der Waals surface area contributed by atoms with E-state index in [0.29, 0.717) is 27.0 Å². The molecule has 1 N–H and O–H groups in total. The molecule has 0 aliphatic heterocycles. The molecule has 0 aliphatic rings. The first kappa shape index (κ1) is 12.3.